The molecule has 0 N–H and O–H groups in total. The van der Waals surface area contributed by atoms with Crippen molar-refractivity contribution in [3.05, 3.63) is 11.1 Å². The van der Waals surface area contributed by atoms with Crippen LogP contribution in [0.3, 0.4) is 0 Å². The molecule has 0 radical (unpaired) electrons. The van der Waals surface area contributed by atoms with Crippen LogP contribution in [0.2, 0.25) is 0 Å². The molecule has 0 aromatic rings. The van der Waals surface area contributed by atoms with Gasteiger partial charge in [0.1, 0.15) is 6.29 Å². The lowest BCUT2D eigenvalue weighted by Crippen LogP contribution is -2.07. The average Bonchev–Trinajstić information content (AvgIpc) is 1.95. The van der Waals surface area contributed by atoms with E-state index in [1.807, 2.05) is 0 Å². The van der Waals surface area contributed by atoms with Gasteiger partial charge >= 0.3 is 0 Å². The van der Waals surface area contributed by atoms with Gasteiger partial charge in [0.25, 0.3) is 0 Å². The lowest BCUT2D eigenvalue weighted by atomic mass is 9.85. The Kier molecular flexibility index (Phi) is 2.25. The van der Waals surface area contributed by atoms with Gasteiger partial charge in [-0.15, -0.1) is 0 Å². The molecule has 0 spiro atoms. The van der Waals surface area contributed by atoms with Crippen LogP contribution >= 0.6 is 0 Å². The first-order valence-electron chi connectivity index (χ1n) is 3.90. The van der Waals surface area contributed by atoms with Gasteiger partial charge in [-0.1, -0.05) is 12.5 Å². The van der Waals surface area contributed by atoms with Crippen LogP contribution in [0.15, 0.2) is 11.1 Å². The van der Waals surface area contributed by atoms with Crippen molar-refractivity contribution in [2.45, 2.75) is 33.1 Å². The summed E-state index contributed by atoms with van der Waals surface area (Å²) in [5.74, 6) is 0.633. The molecule has 0 aliphatic heterocycles. The predicted molar refractivity (Wildman–Crippen MR) is 41.8 cm³/mol. The molecule has 0 bridgehead atoms. The molecular formula is C9H14O. The maximum absolute atomic E-state index is 10.5. The highest BCUT2D eigenvalue weighted by Crippen LogP contribution is 2.27. The van der Waals surface area contributed by atoms with Gasteiger partial charge in [0.2, 0.25) is 0 Å². The van der Waals surface area contributed by atoms with E-state index >= 15 is 0 Å². The van der Waals surface area contributed by atoms with Crippen molar-refractivity contribution >= 4 is 6.29 Å². The number of carbonyl (C=O) groups is 1. The quantitative estimate of drug-likeness (QED) is 0.508. The zero-order chi connectivity index (χ0) is 7.56. The fourth-order valence-electron chi connectivity index (χ4n) is 1.48. The summed E-state index contributed by atoms with van der Waals surface area (Å²) in [5.41, 5.74) is 2.35. The molecular weight excluding hydrogens is 124 g/mol. The van der Waals surface area contributed by atoms with Crippen LogP contribution in [0.4, 0.5) is 0 Å². The summed E-state index contributed by atoms with van der Waals surface area (Å²) in [6.45, 7) is 4.27. The van der Waals surface area contributed by atoms with E-state index in [9.17, 15) is 4.79 Å². The topological polar surface area (TPSA) is 17.1 Å². The standard InChI is InChI=1S/C9H14O/c1-7-4-3-5-9(6-10)8(7)2/h6-7H,3-5H2,1-2H3. The molecule has 0 aromatic carbocycles. The van der Waals surface area contributed by atoms with E-state index < -0.39 is 0 Å². The molecule has 1 nitrogen and oxygen atoms in total. The summed E-state index contributed by atoms with van der Waals surface area (Å²) in [4.78, 5) is 10.5. The Morgan fingerprint density at radius 2 is 2.30 bits per heavy atom. The van der Waals surface area contributed by atoms with Crippen LogP contribution in [0, 0.1) is 5.92 Å². The lowest BCUT2D eigenvalue weighted by molar-refractivity contribution is -0.105. The maximum atomic E-state index is 10.5. The molecule has 56 valence electrons. The average molecular weight is 138 g/mol. The molecule has 0 saturated heterocycles. The monoisotopic (exact) mass is 138 g/mol. The van der Waals surface area contributed by atoms with E-state index in [0.29, 0.717) is 5.92 Å². The molecule has 1 unspecified atom stereocenters. The fourth-order valence-corrected chi connectivity index (χ4v) is 1.48. The normalized spacial score (nSPS) is 26.8. The number of aldehydes is 1. The smallest absolute Gasteiger partial charge is 0.145 e. The van der Waals surface area contributed by atoms with E-state index in [4.69, 9.17) is 0 Å². The van der Waals surface area contributed by atoms with Crippen LogP contribution in [0.1, 0.15) is 33.1 Å². The molecule has 0 amide bonds. The minimum absolute atomic E-state index is 0.633. The van der Waals surface area contributed by atoms with Crippen molar-refractivity contribution in [1.29, 1.82) is 0 Å². The van der Waals surface area contributed by atoms with Crippen molar-refractivity contribution in [3.63, 3.8) is 0 Å². The molecule has 1 aliphatic carbocycles. The highest BCUT2D eigenvalue weighted by molar-refractivity contribution is 5.74. The van der Waals surface area contributed by atoms with Gasteiger partial charge in [-0.2, -0.15) is 0 Å². The van der Waals surface area contributed by atoms with E-state index in [2.05, 4.69) is 13.8 Å². The first-order chi connectivity index (χ1) is 4.75. The largest absolute Gasteiger partial charge is 0.298 e. The summed E-state index contributed by atoms with van der Waals surface area (Å²) in [5, 5.41) is 0. The molecule has 1 heteroatoms. The zero-order valence-corrected chi connectivity index (χ0v) is 6.68. The molecule has 1 aliphatic rings. The molecule has 0 heterocycles. The molecule has 10 heavy (non-hydrogen) atoms. The summed E-state index contributed by atoms with van der Waals surface area (Å²) in [7, 11) is 0. The van der Waals surface area contributed by atoms with Crippen LogP contribution < -0.4 is 0 Å². The van der Waals surface area contributed by atoms with Gasteiger partial charge in [0, 0.05) is 0 Å². The minimum atomic E-state index is 0.633. The maximum Gasteiger partial charge on any atom is 0.145 e. The number of hydrogen-bond acceptors (Lipinski definition) is 1. The lowest BCUT2D eigenvalue weighted by Gasteiger charge is -2.20. The highest BCUT2D eigenvalue weighted by atomic mass is 16.1. The van der Waals surface area contributed by atoms with Gasteiger partial charge in [-0.25, -0.2) is 0 Å². The Morgan fingerprint density at radius 1 is 1.60 bits per heavy atom. The van der Waals surface area contributed by atoms with Crippen molar-refractivity contribution in [2.24, 2.45) is 5.92 Å². The number of carbonyl (C=O) groups excluding carboxylic acids is 1. The third kappa shape index (κ3) is 1.28. The van der Waals surface area contributed by atoms with Gasteiger partial charge in [-0.3, -0.25) is 4.79 Å². The van der Waals surface area contributed by atoms with E-state index in [1.165, 1.54) is 18.4 Å². The molecule has 1 rings (SSSR count). The van der Waals surface area contributed by atoms with Crippen molar-refractivity contribution in [2.75, 3.05) is 0 Å². The Balaban J connectivity index is 2.81. The van der Waals surface area contributed by atoms with E-state index in [-0.39, 0.29) is 0 Å². The Bertz CT molecular complexity index is 168. The summed E-state index contributed by atoms with van der Waals surface area (Å²) >= 11 is 0. The van der Waals surface area contributed by atoms with Gasteiger partial charge < -0.3 is 0 Å². The first-order valence-corrected chi connectivity index (χ1v) is 3.90. The highest BCUT2D eigenvalue weighted by Gasteiger charge is 2.14. The Labute approximate surface area is 62.1 Å². The van der Waals surface area contributed by atoms with Crippen LogP contribution in [-0.2, 0) is 4.79 Å². The predicted octanol–water partition coefficient (Wildman–Crippen LogP) is 2.32. The van der Waals surface area contributed by atoms with Crippen molar-refractivity contribution < 1.29 is 4.79 Å². The number of allylic oxidation sites excluding steroid dienone is 2. The third-order valence-corrected chi connectivity index (χ3v) is 2.47. The molecule has 0 fully saturated rings. The fraction of sp³-hybridized carbons (Fsp3) is 0.667. The van der Waals surface area contributed by atoms with Gasteiger partial charge in [-0.05, 0) is 37.7 Å². The second-order valence-electron chi connectivity index (χ2n) is 3.12. The van der Waals surface area contributed by atoms with E-state index in [0.717, 1.165) is 18.3 Å². The van der Waals surface area contributed by atoms with Gasteiger partial charge in [0.15, 0.2) is 0 Å². The first kappa shape index (κ1) is 7.52. The second kappa shape index (κ2) is 3.00. The Hall–Kier alpha value is -0.590. The minimum Gasteiger partial charge on any atom is -0.298 e. The molecule has 1 atom stereocenters. The summed E-state index contributed by atoms with van der Waals surface area (Å²) < 4.78 is 0. The number of rotatable bonds is 1. The van der Waals surface area contributed by atoms with Crippen molar-refractivity contribution in [1.82, 2.24) is 0 Å². The van der Waals surface area contributed by atoms with Crippen LogP contribution in [0.5, 0.6) is 0 Å². The van der Waals surface area contributed by atoms with Crippen molar-refractivity contribution in [3.8, 4) is 0 Å². The zero-order valence-electron chi connectivity index (χ0n) is 6.68. The van der Waals surface area contributed by atoms with Crippen LogP contribution in [0.25, 0.3) is 0 Å². The summed E-state index contributed by atoms with van der Waals surface area (Å²) in [6.07, 6.45) is 4.46. The summed E-state index contributed by atoms with van der Waals surface area (Å²) in [6, 6.07) is 0. The molecule has 0 aromatic heterocycles. The van der Waals surface area contributed by atoms with Crippen LogP contribution in [-0.4, -0.2) is 6.29 Å². The van der Waals surface area contributed by atoms with E-state index in [1.54, 1.807) is 0 Å². The van der Waals surface area contributed by atoms with Gasteiger partial charge in [0.05, 0.1) is 0 Å². The number of hydrogen-bond donors (Lipinski definition) is 0. The Morgan fingerprint density at radius 3 is 2.80 bits per heavy atom. The molecule has 0 saturated carbocycles. The SMILES string of the molecule is CC1=C(C=O)CCCC1C. The second-order valence-corrected chi connectivity index (χ2v) is 3.12. The third-order valence-electron chi connectivity index (χ3n) is 2.47.